The Kier molecular flexibility index (Phi) is 7.04. The van der Waals surface area contributed by atoms with Crippen molar-refractivity contribution in [3.05, 3.63) is 0 Å². The molecule has 0 bridgehead atoms. The van der Waals surface area contributed by atoms with Crippen molar-refractivity contribution in [2.45, 2.75) is 38.5 Å². The minimum Gasteiger partial charge on any atom is -0.326 e. The molecule has 0 heterocycles. The fourth-order valence-electron chi connectivity index (χ4n) is 1.84. The standard InChI is InChI=1S/C11H24F3N3/c1-5-6-17(8-7-16(3)4)10(9(2)15)11(12,13)14/h9-10H,5-8,15H2,1-4H3. The van der Waals surface area contributed by atoms with E-state index in [4.69, 9.17) is 5.73 Å². The minimum atomic E-state index is -4.27. The number of nitrogens with zero attached hydrogens (tertiary/aromatic N) is 2. The number of rotatable bonds is 7. The van der Waals surface area contributed by atoms with Crippen LogP contribution in [-0.4, -0.2) is 61.8 Å². The summed E-state index contributed by atoms with van der Waals surface area (Å²) in [7, 11) is 3.69. The Morgan fingerprint density at radius 3 is 1.94 bits per heavy atom. The van der Waals surface area contributed by atoms with Gasteiger partial charge in [-0.05, 0) is 34.0 Å². The van der Waals surface area contributed by atoms with Gasteiger partial charge < -0.3 is 10.6 Å². The van der Waals surface area contributed by atoms with Gasteiger partial charge in [0.05, 0.1) is 0 Å². The normalized spacial score (nSPS) is 16.6. The first-order valence-corrected chi connectivity index (χ1v) is 5.91. The van der Waals surface area contributed by atoms with Gasteiger partial charge in [-0.1, -0.05) is 6.92 Å². The molecule has 0 aliphatic heterocycles. The van der Waals surface area contributed by atoms with E-state index < -0.39 is 18.3 Å². The molecule has 0 aliphatic carbocycles. The third kappa shape index (κ3) is 6.24. The van der Waals surface area contributed by atoms with E-state index in [2.05, 4.69) is 0 Å². The lowest BCUT2D eigenvalue weighted by molar-refractivity contribution is -0.188. The molecule has 2 unspecified atom stereocenters. The fraction of sp³-hybridized carbons (Fsp3) is 1.00. The van der Waals surface area contributed by atoms with Crippen LogP contribution in [0.4, 0.5) is 13.2 Å². The zero-order valence-electron chi connectivity index (χ0n) is 11.1. The summed E-state index contributed by atoms with van der Waals surface area (Å²) in [6, 6.07) is -2.47. The lowest BCUT2D eigenvalue weighted by atomic mass is 10.1. The highest BCUT2D eigenvalue weighted by Gasteiger charge is 2.45. The lowest BCUT2D eigenvalue weighted by Gasteiger charge is -2.35. The second kappa shape index (κ2) is 7.18. The first-order chi connectivity index (χ1) is 7.70. The molecule has 0 rings (SSSR count). The highest BCUT2D eigenvalue weighted by molar-refractivity contribution is 4.86. The Balaban J connectivity index is 4.71. The Morgan fingerprint density at radius 1 is 1.12 bits per heavy atom. The predicted octanol–water partition coefficient (Wildman–Crippen LogP) is 1.54. The van der Waals surface area contributed by atoms with Crippen LogP contribution >= 0.6 is 0 Å². The topological polar surface area (TPSA) is 32.5 Å². The average molecular weight is 255 g/mol. The summed E-state index contributed by atoms with van der Waals surface area (Å²) >= 11 is 0. The number of hydrogen-bond acceptors (Lipinski definition) is 3. The molecule has 104 valence electrons. The first-order valence-electron chi connectivity index (χ1n) is 5.91. The van der Waals surface area contributed by atoms with E-state index in [1.165, 1.54) is 11.8 Å². The third-order valence-electron chi connectivity index (χ3n) is 2.57. The van der Waals surface area contributed by atoms with Crippen molar-refractivity contribution in [1.82, 2.24) is 9.80 Å². The molecule has 0 radical (unpaired) electrons. The molecule has 0 saturated heterocycles. The maximum absolute atomic E-state index is 12.9. The summed E-state index contributed by atoms with van der Waals surface area (Å²) in [6.07, 6.45) is -3.58. The van der Waals surface area contributed by atoms with Gasteiger partial charge >= 0.3 is 6.18 Å². The second-order valence-electron chi connectivity index (χ2n) is 4.68. The molecule has 6 heteroatoms. The van der Waals surface area contributed by atoms with Crippen molar-refractivity contribution in [2.75, 3.05) is 33.7 Å². The fourth-order valence-corrected chi connectivity index (χ4v) is 1.84. The average Bonchev–Trinajstić information content (AvgIpc) is 2.11. The van der Waals surface area contributed by atoms with Gasteiger partial charge in [0.15, 0.2) is 0 Å². The zero-order chi connectivity index (χ0) is 13.6. The molecule has 0 saturated carbocycles. The molecule has 0 aromatic carbocycles. The van der Waals surface area contributed by atoms with Gasteiger partial charge in [-0.2, -0.15) is 13.2 Å². The van der Waals surface area contributed by atoms with Crippen LogP contribution in [0.1, 0.15) is 20.3 Å². The van der Waals surface area contributed by atoms with Crippen molar-refractivity contribution in [2.24, 2.45) is 5.73 Å². The van der Waals surface area contributed by atoms with Crippen molar-refractivity contribution in [3.8, 4) is 0 Å². The van der Waals surface area contributed by atoms with Crippen LogP contribution < -0.4 is 5.73 Å². The van der Waals surface area contributed by atoms with Crippen molar-refractivity contribution < 1.29 is 13.2 Å². The van der Waals surface area contributed by atoms with Gasteiger partial charge in [-0.25, -0.2) is 0 Å². The summed E-state index contributed by atoms with van der Waals surface area (Å²) in [5.41, 5.74) is 5.49. The molecule has 2 N–H and O–H groups in total. The number of alkyl halides is 3. The molecule has 2 atom stereocenters. The van der Waals surface area contributed by atoms with Gasteiger partial charge in [-0.3, -0.25) is 4.90 Å². The molecular formula is C11H24F3N3. The SMILES string of the molecule is CCCN(CCN(C)C)C(C(C)N)C(F)(F)F. The lowest BCUT2D eigenvalue weighted by Crippen LogP contribution is -2.56. The highest BCUT2D eigenvalue weighted by atomic mass is 19.4. The zero-order valence-corrected chi connectivity index (χ0v) is 11.1. The van der Waals surface area contributed by atoms with Crippen molar-refractivity contribution >= 4 is 0 Å². The Labute approximate surface area is 102 Å². The number of nitrogens with two attached hydrogens (primary N) is 1. The van der Waals surface area contributed by atoms with Crippen LogP contribution in [0.15, 0.2) is 0 Å². The van der Waals surface area contributed by atoms with E-state index >= 15 is 0 Å². The van der Waals surface area contributed by atoms with Gasteiger partial charge in [-0.15, -0.1) is 0 Å². The minimum absolute atomic E-state index is 0.382. The summed E-state index contributed by atoms with van der Waals surface area (Å²) in [5.74, 6) is 0. The van der Waals surface area contributed by atoms with E-state index in [0.29, 0.717) is 26.1 Å². The highest BCUT2D eigenvalue weighted by Crippen LogP contribution is 2.26. The quantitative estimate of drug-likeness (QED) is 0.749. The maximum atomic E-state index is 12.9. The smallest absolute Gasteiger partial charge is 0.326 e. The summed E-state index contributed by atoms with van der Waals surface area (Å²) in [6.45, 7) is 4.68. The molecule has 3 nitrogen and oxygen atoms in total. The van der Waals surface area contributed by atoms with Gasteiger partial charge in [0.1, 0.15) is 6.04 Å². The van der Waals surface area contributed by atoms with Gasteiger partial charge in [0.25, 0.3) is 0 Å². The first kappa shape index (κ1) is 16.7. The van der Waals surface area contributed by atoms with Crippen LogP contribution in [0.5, 0.6) is 0 Å². The van der Waals surface area contributed by atoms with Crippen LogP contribution in [-0.2, 0) is 0 Å². The Bertz CT molecular complexity index is 205. The van der Waals surface area contributed by atoms with Gasteiger partial charge in [0, 0.05) is 19.1 Å². The number of hydrogen-bond donors (Lipinski definition) is 1. The van der Waals surface area contributed by atoms with E-state index in [-0.39, 0.29) is 0 Å². The second-order valence-corrected chi connectivity index (χ2v) is 4.68. The van der Waals surface area contributed by atoms with Crippen LogP contribution in [0.3, 0.4) is 0 Å². The van der Waals surface area contributed by atoms with E-state index in [0.717, 1.165) is 0 Å². The summed E-state index contributed by atoms with van der Waals surface area (Å²) < 4.78 is 38.8. The largest absolute Gasteiger partial charge is 0.405 e. The van der Waals surface area contributed by atoms with E-state index in [1.54, 1.807) is 0 Å². The molecule has 0 fully saturated rings. The Morgan fingerprint density at radius 2 is 1.65 bits per heavy atom. The summed E-state index contributed by atoms with van der Waals surface area (Å²) in [5, 5.41) is 0. The number of halogens is 3. The predicted molar refractivity (Wildman–Crippen MR) is 63.9 cm³/mol. The molecular weight excluding hydrogens is 231 g/mol. The third-order valence-corrected chi connectivity index (χ3v) is 2.57. The van der Waals surface area contributed by atoms with E-state index in [9.17, 15) is 13.2 Å². The molecule has 0 aliphatic rings. The van der Waals surface area contributed by atoms with Gasteiger partial charge in [0.2, 0.25) is 0 Å². The van der Waals surface area contributed by atoms with Crippen molar-refractivity contribution in [3.63, 3.8) is 0 Å². The maximum Gasteiger partial charge on any atom is 0.405 e. The summed E-state index contributed by atoms with van der Waals surface area (Å²) in [4.78, 5) is 3.31. The molecule has 17 heavy (non-hydrogen) atoms. The van der Waals surface area contributed by atoms with Crippen LogP contribution in [0, 0.1) is 0 Å². The van der Waals surface area contributed by atoms with Crippen LogP contribution in [0.2, 0.25) is 0 Å². The monoisotopic (exact) mass is 255 g/mol. The van der Waals surface area contributed by atoms with Crippen molar-refractivity contribution in [1.29, 1.82) is 0 Å². The molecule has 0 aromatic rings. The molecule has 0 amide bonds. The Hall–Kier alpha value is -0.330. The molecule has 0 spiro atoms. The van der Waals surface area contributed by atoms with E-state index in [1.807, 2.05) is 25.9 Å². The molecule has 0 aromatic heterocycles. The van der Waals surface area contributed by atoms with Crippen LogP contribution in [0.25, 0.3) is 0 Å². The number of likely N-dealkylation sites (N-methyl/N-ethyl adjacent to an activating group) is 1.